The Kier molecular flexibility index (Phi) is 12.0. The lowest BCUT2D eigenvalue weighted by Crippen LogP contribution is -2.28. The first-order valence-corrected chi connectivity index (χ1v) is 13.2. The molecule has 1 aliphatic carbocycles. The first-order chi connectivity index (χ1) is 13.2. The molecule has 6 heteroatoms. The van der Waals surface area contributed by atoms with Crippen molar-refractivity contribution in [2.45, 2.75) is 129 Å². The summed E-state index contributed by atoms with van der Waals surface area (Å²) in [5.74, 6) is 0.958. The fourth-order valence-corrected chi connectivity index (χ4v) is 5.60. The highest BCUT2D eigenvalue weighted by Gasteiger charge is 2.42. The van der Waals surface area contributed by atoms with E-state index >= 15 is 0 Å². The van der Waals surface area contributed by atoms with E-state index in [9.17, 15) is 9.46 Å². The van der Waals surface area contributed by atoms with Crippen LogP contribution in [0.2, 0.25) is 12.6 Å². The van der Waals surface area contributed by atoms with Gasteiger partial charge in [-0.05, 0) is 58.3 Å². The zero-order chi connectivity index (χ0) is 21.2. The molecule has 0 aromatic heterocycles. The number of rotatable bonds is 10. The standard InChI is InChI=1S/C22H45BO4P/c1-7-18(4)27-21-15-11-14-20(23-6)13-10-12-19(16-21)17-26-28(24,25)22(5,8-2)9-3/h18-21H,7-17H2,1-6H3,(H,24,25). The number of hydrogen-bond donors (Lipinski definition) is 1. The second-order valence-corrected chi connectivity index (χ2v) is 11.4. The van der Waals surface area contributed by atoms with Crippen LogP contribution in [-0.4, -0.2) is 36.1 Å². The van der Waals surface area contributed by atoms with Gasteiger partial charge in [-0.3, -0.25) is 4.57 Å². The van der Waals surface area contributed by atoms with E-state index < -0.39 is 12.8 Å². The molecule has 0 spiro atoms. The van der Waals surface area contributed by atoms with Crippen molar-refractivity contribution in [3.8, 4) is 0 Å². The first-order valence-electron chi connectivity index (χ1n) is 11.6. The van der Waals surface area contributed by atoms with Gasteiger partial charge in [-0.25, -0.2) is 0 Å². The highest BCUT2D eigenvalue weighted by atomic mass is 31.2. The molecule has 1 aliphatic rings. The van der Waals surface area contributed by atoms with Gasteiger partial charge in [0.05, 0.1) is 24.0 Å². The van der Waals surface area contributed by atoms with E-state index in [0.29, 0.717) is 25.3 Å². The van der Waals surface area contributed by atoms with Gasteiger partial charge in [0, 0.05) is 0 Å². The van der Waals surface area contributed by atoms with Gasteiger partial charge in [-0.1, -0.05) is 59.1 Å². The van der Waals surface area contributed by atoms with Gasteiger partial charge in [-0.15, -0.1) is 0 Å². The predicted octanol–water partition coefficient (Wildman–Crippen LogP) is 6.85. The van der Waals surface area contributed by atoms with Crippen LogP contribution in [0.25, 0.3) is 0 Å². The Hall–Kier alpha value is 0.175. The minimum atomic E-state index is -3.64. The van der Waals surface area contributed by atoms with Crippen LogP contribution in [-0.2, 0) is 13.8 Å². The normalized spacial score (nSPS) is 28.3. The molecule has 0 heterocycles. The van der Waals surface area contributed by atoms with E-state index in [2.05, 4.69) is 28.0 Å². The largest absolute Gasteiger partial charge is 0.375 e. The highest BCUT2D eigenvalue weighted by Crippen LogP contribution is 2.58. The molecule has 0 bridgehead atoms. The lowest BCUT2D eigenvalue weighted by atomic mass is 9.62. The van der Waals surface area contributed by atoms with Crippen LogP contribution in [0, 0.1) is 5.92 Å². The molecule has 5 atom stereocenters. The molecule has 1 saturated carbocycles. The summed E-state index contributed by atoms with van der Waals surface area (Å²) in [6, 6.07) is 0. The molecular formula is C22H45BO4P. The fraction of sp³-hybridized carbons (Fsp3) is 1.00. The van der Waals surface area contributed by atoms with Crippen LogP contribution in [0.5, 0.6) is 0 Å². The Morgan fingerprint density at radius 1 is 1.14 bits per heavy atom. The van der Waals surface area contributed by atoms with E-state index in [1.807, 2.05) is 20.8 Å². The molecule has 1 radical (unpaired) electrons. The molecule has 0 aromatic rings. The average Bonchev–Trinajstić information content (AvgIpc) is 2.69. The summed E-state index contributed by atoms with van der Waals surface area (Å²) in [6.45, 7) is 12.6. The first kappa shape index (κ1) is 26.2. The van der Waals surface area contributed by atoms with E-state index in [1.165, 1.54) is 19.3 Å². The quantitative estimate of drug-likeness (QED) is 0.313. The van der Waals surface area contributed by atoms with Crippen LogP contribution in [0.3, 0.4) is 0 Å². The van der Waals surface area contributed by atoms with Crippen molar-refractivity contribution in [1.82, 2.24) is 0 Å². The third-order valence-electron chi connectivity index (χ3n) is 7.05. The van der Waals surface area contributed by atoms with E-state index in [0.717, 1.165) is 32.1 Å². The second-order valence-electron chi connectivity index (χ2n) is 9.05. The van der Waals surface area contributed by atoms with Gasteiger partial charge < -0.3 is 14.2 Å². The maximum atomic E-state index is 12.9. The summed E-state index contributed by atoms with van der Waals surface area (Å²) in [6.07, 6.45) is 10.6. The monoisotopic (exact) mass is 415 g/mol. The lowest BCUT2D eigenvalue weighted by molar-refractivity contribution is -0.0268. The minimum absolute atomic E-state index is 0.223. The molecule has 4 nitrogen and oxygen atoms in total. The van der Waals surface area contributed by atoms with Gasteiger partial charge in [0.25, 0.3) is 0 Å². The minimum Gasteiger partial charge on any atom is -0.375 e. The predicted molar refractivity (Wildman–Crippen MR) is 121 cm³/mol. The Bertz CT molecular complexity index is 469. The van der Waals surface area contributed by atoms with Crippen LogP contribution in [0.4, 0.5) is 0 Å². The summed E-state index contributed by atoms with van der Waals surface area (Å²) in [7, 11) is -1.30. The third-order valence-corrected chi connectivity index (χ3v) is 9.54. The Balaban J connectivity index is 2.81. The van der Waals surface area contributed by atoms with Crippen LogP contribution in [0.15, 0.2) is 0 Å². The molecule has 5 unspecified atom stereocenters. The fourth-order valence-electron chi connectivity index (χ4n) is 4.07. The van der Waals surface area contributed by atoms with Gasteiger partial charge in [0.2, 0.25) is 0 Å². The lowest BCUT2D eigenvalue weighted by Gasteiger charge is -2.33. The molecule has 28 heavy (non-hydrogen) atoms. The molecule has 165 valence electrons. The molecule has 0 amide bonds. The maximum Gasteiger partial charge on any atom is 0.333 e. The molecule has 0 aliphatic heterocycles. The number of ether oxygens (including phenoxy) is 1. The highest BCUT2D eigenvalue weighted by molar-refractivity contribution is 7.54. The molecule has 0 aromatic carbocycles. The van der Waals surface area contributed by atoms with Crippen molar-refractivity contribution >= 4 is 14.9 Å². The van der Waals surface area contributed by atoms with Crippen molar-refractivity contribution < 1.29 is 18.7 Å². The summed E-state index contributed by atoms with van der Waals surface area (Å²) in [4.78, 5) is 10.6. The van der Waals surface area contributed by atoms with Crippen molar-refractivity contribution in [1.29, 1.82) is 0 Å². The molecule has 1 fully saturated rings. The summed E-state index contributed by atoms with van der Waals surface area (Å²) >= 11 is 0. The zero-order valence-electron chi connectivity index (χ0n) is 19.3. The van der Waals surface area contributed by atoms with Crippen LogP contribution < -0.4 is 0 Å². The van der Waals surface area contributed by atoms with E-state index in [1.54, 1.807) is 0 Å². The topological polar surface area (TPSA) is 55.8 Å². The zero-order valence-corrected chi connectivity index (χ0v) is 20.2. The Morgan fingerprint density at radius 3 is 2.29 bits per heavy atom. The number of hydrogen-bond acceptors (Lipinski definition) is 3. The summed E-state index contributed by atoms with van der Waals surface area (Å²) < 4.78 is 25.0. The Labute approximate surface area is 175 Å². The van der Waals surface area contributed by atoms with Crippen molar-refractivity contribution in [2.24, 2.45) is 5.92 Å². The molecule has 1 rings (SSSR count). The van der Waals surface area contributed by atoms with Crippen molar-refractivity contribution in [2.75, 3.05) is 6.61 Å². The maximum absolute atomic E-state index is 12.9. The Morgan fingerprint density at radius 2 is 1.75 bits per heavy atom. The summed E-state index contributed by atoms with van der Waals surface area (Å²) in [5.41, 5.74) is 0. The van der Waals surface area contributed by atoms with Gasteiger partial charge in [0.1, 0.15) is 7.28 Å². The van der Waals surface area contributed by atoms with E-state index in [4.69, 9.17) is 9.26 Å². The smallest absolute Gasteiger partial charge is 0.333 e. The summed E-state index contributed by atoms with van der Waals surface area (Å²) in [5, 5.41) is -0.655. The average molecular weight is 415 g/mol. The van der Waals surface area contributed by atoms with Crippen molar-refractivity contribution in [3.05, 3.63) is 0 Å². The molecule has 1 N–H and O–H groups in total. The molecular weight excluding hydrogens is 370 g/mol. The van der Waals surface area contributed by atoms with Gasteiger partial charge >= 0.3 is 7.60 Å². The molecule has 0 saturated heterocycles. The third kappa shape index (κ3) is 8.13. The van der Waals surface area contributed by atoms with E-state index in [-0.39, 0.29) is 18.1 Å². The van der Waals surface area contributed by atoms with Gasteiger partial charge in [-0.2, -0.15) is 0 Å². The SMILES string of the molecule is C[B]C1CCCC(COP(=O)(O)C(C)(CC)CC)CC(OC(C)CC)CCC1. The van der Waals surface area contributed by atoms with Crippen molar-refractivity contribution in [3.63, 3.8) is 0 Å². The van der Waals surface area contributed by atoms with Gasteiger partial charge in [0.15, 0.2) is 0 Å². The van der Waals surface area contributed by atoms with Crippen LogP contribution in [0.1, 0.15) is 98.8 Å². The van der Waals surface area contributed by atoms with Crippen LogP contribution >= 0.6 is 7.60 Å². The second kappa shape index (κ2) is 12.8.